The predicted molar refractivity (Wildman–Crippen MR) is 152 cm³/mol. The number of nitrogens with zero attached hydrogens (tertiary/aromatic N) is 2. The van der Waals surface area contributed by atoms with Crippen molar-refractivity contribution in [2.75, 3.05) is 0 Å². The fraction of sp³-hybridized carbons (Fsp3) is 0.229. The number of carbonyl (C=O) groups is 1. The molecule has 0 saturated heterocycles. The molecular formula is C35H32N2O. The van der Waals surface area contributed by atoms with E-state index >= 15 is 0 Å². The van der Waals surface area contributed by atoms with E-state index in [1.54, 1.807) is 24.3 Å². The third-order valence-electron chi connectivity index (χ3n) is 7.02. The van der Waals surface area contributed by atoms with Crippen molar-refractivity contribution in [2.24, 2.45) is 0 Å². The second-order valence-corrected chi connectivity index (χ2v) is 9.72. The van der Waals surface area contributed by atoms with Crippen molar-refractivity contribution in [3.8, 4) is 12.1 Å². The highest BCUT2D eigenvalue weighted by Crippen LogP contribution is 2.36. The molecule has 0 radical (unpaired) electrons. The van der Waals surface area contributed by atoms with Crippen LogP contribution in [0.2, 0.25) is 0 Å². The quantitative estimate of drug-likeness (QED) is 0.224. The van der Waals surface area contributed by atoms with Crippen LogP contribution in [0.3, 0.4) is 0 Å². The van der Waals surface area contributed by atoms with Gasteiger partial charge in [0, 0.05) is 0 Å². The van der Waals surface area contributed by atoms with E-state index in [9.17, 15) is 15.3 Å². The summed E-state index contributed by atoms with van der Waals surface area (Å²) in [5.41, 5.74) is 7.20. The maximum Gasteiger partial charge on any atom is 0.156 e. The first kappa shape index (κ1) is 26.6. The molecule has 0 aliphatic heterocycles. The van der Waals surface area contributed by atoms with Crippen molar-refractivity contribution in [2.45, 2.75) is 51.4 Å². The molecule has 0 bridgehead atoms. The van der Waals surface area contributed by atoms with Crippen LogP contribution in [-0.4, -0.2) is 5.78 Å². The molecule has 2 unspecified atom stereocenters. The lowest BCUT2D eigenvalue weighted by molar-refractivity contribution is -0.120. The van der Waals surface area contributed by atoms with Gasteiger partial charge in [0.25, 0.3) is 0 Å². The average molecular weight is 497 g/mol. The fourth-order valence-corrected chi connectivity index (χ4v) is 5.04. The third kappa shape index (κ3) is 6.08. The number of aryl methyl sites for hydroxylation is 2. The molecule has 188 valence electrons. The molecule has 0 heterocycles. The smallest absolute Gasteiger partial charge is 0.156 e. The van der Waals surface area contributed by atoms with Crippen LogP contribution < -0.4 is 0 Å². The van der Waals surface area contributed by atoms with Gasteiger partial charge in [0.1, 0.15) is 0 Å². The summed E-state index contributed by atoms with van der Waals surface area (Å²) in [6, 6.07) is 35.7. The van der Waals surface area contributed by atoms with E-state index in [2.05, 4.69) is 74.5 Å². The molecule has 0 saturated carbocycles. The van der Waals surface area contributed by atoms with Crippen molar-refractivity contribution in [3.63, 3.8) is 0 Å². The van der Waals surface area contributed by atoms with E-state index in [1.807, 2.05) is 24.3 Å². The SMILES string of the molecule is CCCc1ccc(C(C(=O)C(c2ccc(C#N)cc2)c2ccc(CCC)cc2)c2ccc(C#N)cc2)cc1. The lowest BCUT2D eigenvalue weighted by Crippen LogP contribution is -2.23. The van der Waals surface area contributed by atoms with Crippen LogP contribution in [0.25, 0.3) is 0 Å². The molecule has 0 amide bonds. The second-order valence-electron chi connectivity index (χ2n) is 9.72. The normalized spacial score (nSPS) is 12.2. The van der Waals surface area contributed by atoms with Crippen molar-refractivity contribution in [1.29, 1.82) is 10.5 Å². The molecule has 2 atom stereocenters. The largest absolute Gasteiger partial charge is 0.298 e. The maximum atomic E-state index is 14.6. The Morgan fingerprint density at radius 3 is 1.11 bits per heavy atom. The Hall–Kier alpha value is -4.47. The summed E-state index contributed by atoms with van der Waals surface area (Å²) in [5.74, 6) is -0.949. The van der Waals surface area contributed by atoms with Crippen LogP contribution in [0.1, 0.15) is 83.0 Å². The lowest BCUT2D eigenvalue weighted by atomic mass is 9.76. The monoisotopic (exact) mass is 496 g/mol. The molecule has 4 rings (SSSR count). The van der Waals surface area contributed by atoms with E-state index < -0.39 is 11.8 Å². The summed E-state index contributed by atoms with van der Waals surface area (Å²) in [6.07, 6.45) is 4.11. The van der Waals surface area contributed by atoms with Crippen LogP contribution in [0.5, 0.6) is 0 Å². The number of carbonyl (C=O) groups excluding carboxylic acids is 1. The molecule has 4 aromatic carbocycles. The van der Waals surface area contributed by atoms with E-state index in [-0.39, 0.29) is 5.78 Å². The first-order chi connectivity index (χ1) is 18.6. The molecule has 0 spiro atoms. The van der Waals surface area contributed by atoms with Gasteiger partial charge < -0.3 is 0 Å². The summed E-state index contributed by atoms with van der Waals surface area (Å²) < 4.78 is 0. The first-order valence-corrected chi connectivity index (χ1v) is 13.3. The van der Waals surface area contributed by atoms with Gasteiger partial charge in [-0.3, -0.25) is 4.79 Å². The zero-order valence-corrected chi connectivity index (χ0v) is 22.0. The first-order valence-electron chi connectivity index (χ1n) is 13.3. The molecule has 4 aromatic rings. The van der Waals surface area contributed by atoms with Crippen molar-refractivity contribution >= 4 is 5.78 Å². The van der Waals surface area contributed by atoms with Crippen LogP contribution >= 0.6 is 0 Å². The van der Waals surface area contributed by atoms with Crippen LogP contribution in [0, 0.1) is 22.7 Å². The summed E-state index contributed by atoms with van der Waals surface area (Å²) in [7, 11) is 0. The van der Waals surface area contributed by atoms with Gasteiger partial charge in [-0.15, -0.1) is 0 Å². The van der Waals surface area contributed by atoms with Crippen molar-refractivity contribution in [3.05, 3.63) is 142 Å². The molecular weight excluding hydrogens is 464 g/mol. The van der Waals surface area contributed by atoms with Crippen LogP contribution in [0.15, 0.2) is 97.1 Å². The van der Waals surface area contributed by atoms with Gasteiger partial charge in [-0.25, -0.2) is 0 Å². The number of nitriles is 2. The summed E-state index contributed by atoms with van der Waals surface area (Å²) in [5, 5.41) is 18.6. The molecule has 0 aliphatic rings. The molecule has 0 aromatic heterocycles. The maximum absolute atomic E-state index is 14.6. The van der Waals surface area contributed by atoms with Gasteiger partial charge in [0.05, 0.1) is 35.1 Å². The minimum atomic E-state index is -0.505. The van der Waals surface area contributed by atoms with E-state index in [0.717, 1.165) is 47.9 Å². The highest BCUT2D eigenvalue weighted by molar-refractivity contribution is 5.97. The molecule has 0 fully saturated rings. The number of hydrogen-bond donors (Lipinski definition) is 0. The highest BCUT2D eigenvalue weighted by atomic mass is 16.1. The van der Waals surface area contributed by atoms with Gasteiger partial charge in [-0.1, -0.05) is 99.5 Å². The standard InChI is InChI=1S/C35H32N2O/c1-3-5-25-7-15-29(16-8-25)33(31-19-11-27(23-36)12-20-31)35(38)34(32-21-13-28(24-37)14-22-32)30-17-9-26(6-4-2)10-18-30/h7-22,33-34H,3-6H2,1-2H3. The lowest BCUT2D eigenvalue weighted by Gasteiger charge is -2.25. The molecule has 3 heteroatoms. The highest BCUT2D eigenvalue weighted by Gasteiger charge is 2.32. The van der Waals surface area contributed by atoms with E-state index in [1.165, 1.54) is 11.1 Å². The topological polar surface area (TPSA) is 64.7 Å². The van der Waals surface area contributed by atoms with Crippen LogP contribution in [-0.2, 0) is 17.6 Å². The molecule has 38 heavy (non-hydrogen) atoms. The van der Waals surface area contributed by atoms with Crippen molar-refractivity contribution < 1.29 is 4.79 Å². The molecule has 3 nitrogen and oxygen atoms in total. The molecule has 0 N–H and O–H groups in total. The Labute approximate surface area is 226 Å². The summed E-state index contributed by atoms with van der Waals surface area (Å²) in [6.45, 7) is 4.32. The number of benzene rings is 4. The number of rotatable bonds is 10. The third-order valence-corrected chi connectivity index (χ3v) is 7.02. The summed E-state index contributed by atoms with van der Waals surface area (Å²) in [4.78, 5) is 14.6. The average Bonchev–Trinajstić information content (AvgIpc) is 2.96. The van der Waals surface area contributed by atoms with Crippen LogP contribution in [0.4, 0.5) is 0 Å². The van der Waals surface area contributed by atoms with Crippen molar-refractivity contribution in [1.82, 2.24) is 0 Å². The van der Waals surface area contributed by atoms with Gasteiger partial charge >= 0.3 is 0 Å². The van der Waals surface area contributed by atoms with Gasteiger partial charge in [0.15, 0.2) is 5.78 Å². The summed E-state index contributed by atoms with van der Waals surface area (Å²) >= 11 is 0. The Kier molecular flexibility index (Phi) is 8.86. The Morgan fingerprint density at radius 2 is 0.842 bits per heavy atom. The Bertz CT molecular complexity index is 1320. The fourth-order valence-electron chi connectivity index (χ4n) is 5.04. The zero-order chi connectivity index (χ0) is 26.9. The van der Waals surface area contributed by atoms with Gasteiger partial charge in [-0.05, 0) is 70.5 Å². The Balaban J connectivity index is 1.84. The number of hydrogen-bond acceptors (Lipinski definition) is 3. The van der Waals surface area contributed by atoms with E-state index in [4.69, 9.17) is 0 Å². The number of ketones is 1. The van der Waals surface area contributed by atoms with Gasteiger partial charge in [0.2, 0.25) is 0 Å². The minimum Gasteiger partial charge on any atom is -0.298 e. The minimum absolute atomic E-state index is 0.0610. The predicted octanol–water partition coefficient (Wildman–Crippen LogP) is 7.87. The van der Waals surface area contributed by atoms with Gasteiger partial charge in [-0.2, -0.15) is 10.5 Å². The second kappa shape index (κ2) is 12.7. The molecule has 0 aliphatic carbocycles. The zero-order valence-electron chi connectivity index (χ0n) is 22.0. The van der Waals surface area contributed by atoms with E-state index in [0.29, 0.717) is 11.1 Å². The number of Topliss-reactive ketones (excluding diaryl/α,β-unsaturated/α-hetero) is 1. The Morgan fingerprint density at radius 1 is 0.553 bits per heavy atom.